The highest BCUT2D eigenvalue weighted by atomic mass is 35.5. The summed E-state index contributed by atoms with van der Waals surface area (Å²) in [6.07, 6.45) is 3.64. The summed E-state index contributed by atoms with van der Waals surface area (Å²) in [5.41, 5.74) is 6.17. The van der Waals surface area contributed by atoms with Crippen LogP contribution in [0, 0.1) is 0 Å². The van der Waals surface area contributed by atoms with Gasteiger partial charge < -0.3 is 5.73 Å². The van der Waals surface area contributed by atoms with E-state index in [-0.39, 0.29) is 10.8 Å². The van der Waals surface area contributed by atoms with Crippen molar-refractivity contribution in [2.75, 3.05) is 19.0 Å². The zero-order valence-electron chi connectivity index (χ0n) is 13.8. The van der Waals surface area contributed by atoms with Gasteiger partial charge in [-0.05, 0) is 37.1 Å². The van der Waals surface area contributed by atoms with E-state index in [2.05, 4.69) is 18.8 Å². The van der Waals surface area contributed by atoms with E-state index in [4.69, 9.17) is 17.3 Å². The smallest absolute Gasteiger partial charge is 0.243 e. The van der Waals surface area contributed by atoms with Gasteiger partial charge >= 0.3 is 0 Å². The highest BCUT2D eigenvalue weighted by molar-refractivity contribution is 7.89. The van der Waals surface area contributed by atoms with E-state index in [9.17, 15) is 8.42 Å². The molecule has 0 aromatic heterocycles. The molecule has 0 radical (unpaired) electrons. The Morgan fingerprint density at radius 3 is 2.09 bits per heavy atom. The number of hydrogen-bond donors (Lipinski definition) is 1. The van der Waals surface area contributed by atoms with Gasteiger partial charge in [0.15, 0.2) is 0 Å². The topological polar surface area (TPSA) is 75.8 Å². The van der Waals surface area contributed by atoms with Crippen LogP contribution >= 0.6 is 11.6 Å². The van der Waals surface area contributed by atoms with Gasteiger partial charge in [-0.1, -0.05) is 26.7 Å². The number of alkyl halides is 1. The lowest BCUT2D eigenvalue weighted by atomic mass is 10.3. The Hall–Kier alpha value is -1.11. The number of hydrogen-bond acceptors (Lipinski definition) is 3. The first-order chi connectivity index (χ1) is 11.0. The Labute approximate surface area is 144 Å². The number of sulfonamides is 1. The van der Waals surface area contributed by atoms with E-state index >= 15 is 0 Å². The van der Waals surface area contributed by atoms with Crippen LogP contribution in [-0.4, -0.2) is 37.5 Å². The molecule has 0 saturated heterocycles. The predicted octanol–water partition coefficient (Wildman–Crippen LogP) is 3.51. The molecule has 0 fully saturated rings. The van der Waals surface area contributed by atoms with Gasteiger partial charge in [0, 0.05) is 13.1 Å². The molecule has 0 atom stereocenters. The zero-order chi connectivity index (χ0) is 17.3. The normalized spacial score (nSPS) is 12.8. The quantitative estimate of drug-likeness (QED) is 0.394. The van der Waals surface area contributed by atoms with Crippen LogP contribution in [0.3, 0.4) is 0 Å². The number of halogens is 1. The molecule has 1 aromatic rings. The van der Waals surface area contributed by atoms with Crippen molar-refractivity contribution in [2.45, 2.75) is 44.4 Å². The highest BCUT2D eigenvalue weighted by Gasteiger charge is 2.23. The third-order valence-corrected chi connectivity index (χ3v) is 5.59. The largest absolute Gasteiger partial charge is 0.386 e. The molecule has 7 heteroatoms. The summed E-state index contributed by atoms with van der Waals surface area (Å²) in [7, 11) is -3.47. The molecule has 5 nitrogen and oxygen atoms in total. The Morgan fingerprint density at radius 1 is 1.13 bits per heavy atom. The molecule has 0 spiro atoms. The number of amidine groups is 1. The molecule has 0 heterocycles. The van der Waals surface area contributed by atoms with Crippen LogP contribution in [0.2, 0.25) is 0 Å². The van der Waals surface area contributed by atoms with Crippen molar-refractivity contribution in [2.24, 2.45) is 10.7 Å². The molecular weight excluding hydrogens is 334 g/mol. The first-order valence-corrected chi connectivity index (χ1v) is 9.92. The van der Waals surface area contributed by atoms with E-state index in [1.54, 1.807) is 28.6 Å². The van der Waals surface area contributed by atoms with Crippen molar-refractivity contribution in [3.63, 3.8) is 0 Å². The summed E-state index contributed by atoms with van der Waals surface area (Å²) < 4.78 is 27.1. The van der Waals surface area contributed by atoms with Gasteiger partial charge in [-0.3, -0.25) is 0 Å². The van der Waals surface area contributed by atoms with Crippen molar-refractivity contribution >= 4 is 33.1 Å². The Bertz CT molecular complexity index is 592. The van der Waals surface area contributed by atoms with E-state index < -0.39 is 10.0 Å². The SMILES string of the molecule is CCCCN(CCCC)S(=O)(=O)c1ccc(N=C(N)CCl)cc1. The lowest BCUT2D eigenvalue weighted by Gasteiger charge is -2.22. The van der Waals surface area contributed by atoms with Crippen molar-refractivity contribution in [3.8, 4) is 0 Å². The molecule has 1 aromatic carbocycles. The van der Waals surface area contributed by atoms with Gasteiger partial charge in [-0.15, -0.1) is 11.6 Å². The number of unbranched alkanes of at least 4 members (excludes halogenated alkanes) is 2. The minimum atomic E-state index is -3.47. The first-order valence-electron chi connectivity index (χ1n) is 7.94. The second-order valence-corrected chi connectivity index (χ2v) is 7.55. The van der Waals surface area contributed by atoms with Crippen LogP contribution in [-0.2, 0) is 10.0 Å². The minimum Gasteiger partial charge on any atom is -0.386 e. The lowest BCUT2D eigenvalue weighted by Crippen LogP contribution is -2.33. The van der Waals surface area contributed by atoms with Gasteiger partial charge in [0.2, 0.25) is 10.0 Å². The molecular formula is C16H26ClN3O2S. The van der Waals surface area contributed by atoms with Crippen LogP contribution in [0.25, 0.3) is 0 Å². The Balaban J connectivity index is 2.99. The van der Waals surface area contributed by atoms with E-state index in [1.807, 2.05) is 0 Å². The zero-order valence-corrected chi connectivity index (χ0v) is 15.4. The molecule has 0 aliphatic heterocycles. The van der Waals surface area contributed by atoms with Gasteiger partial charge in [-0.25, -0.2) is 13.4 Å². The number of nitrogens with two attached hydrogens (primary N) is 1. The maximum Gasteiger partial charge on any atom is 0.243 e. The van der Waals surface area contributed by atoms with E-state index in [0.29, 0.717) is 24.6 Å². The molecule has 130 valence electrons. The average Bonchev–Trinajstić information content (AvgIpc) is 2.55. The van der Waals surface area contributed by atoms with E-state index in [1.165, 1.54) is 0 Å². The second-order valence-electron chi connectivity index (χ2n) is 5.34. The molecule has 0 aliphatic rings. The summed E-state index contributed by atoms with van der Waals surface area (Å²) in [5.74, 6) is 0.441. The summed E-state index contributed by atoms with van der Waals surface area (Å²) in [5, 5.41) is 0. The Morgan fingerprint density at radius 2 is 1.65 bits per heavy atom. The van der Waals surface area contributed by atoms with Crippen molar-refractivity contribution in [1.82, 2.24) is 4.31 Å². The van der Waals surface area contributed by atoms with Crippen LogP contribution < -0.4 is 5.73 Å². The van der Waals surface area contributed by atoms with Crippen LogP contribution in [0.15, 0.2) is 34.2 Å². The molecule has 23 heavy (non-hydrogen) atoms. The molecule has 0 amide bonds. The average molecular weight is 360 g/mol. The fourth-order valence-corrected chi connectivity index (χ4v) is 3.64. The van der Waals surface area contributed by atoms with Crippen LogP contribution in [0.5, 0.6) is 0 Å². The van der Waals surface area contributed by atoms with Gasteiger partial charge in [0.05, 0.1) is 16.5 Å². The summed E-state index contributed by atoms with van der Waals surface area (Å²) >= 11 is 5.59. The Kier molecular flexibility index (Phi) is 8.58. The third-order valence-electron chi connectivity index (χ3n) is 3.41. The fourth-order valence-electron chi connectivity index (χ4n) is 2.06. The summed E-state index contributed by atoms with van der Waals surface area (Å²) in [4.78, 5) is 4.38. The van der Waals surface area contributed by atoms with Gasteiger partial charge in [-0.2, -0.15) is 4.31 Å². The number of nitrogens with zero attached hydrogens (tertiary/aromatic N) is 2. The van der Waals surface area contributed by atoms with Crippen molar-refractivity contribution < 1.29 is 8.42 Å². The summed E-state index contributed by atoms with van der Waals surface area (Å²) in [6.45, 7) is 5.22. The van der Waals surface area contributed by atoms with Crippen LogP contribution in [0.1, 0.15) is 39.5 Å². The molecule has 1 rings (SSSR count). The van der Waals surface area contributed by atoms with Crippen molar-refractivity contribution in [1.29, 1.82) is 0 Å². The second kappa shape index (κ2) is 9.90. The van der Waals surface area contributed by atoms with Gasteiger partial charge in [0.25, 0.3) is 0 Å². The molecule has 2 N–H and O–H groups in total. The van der Waals surface area contributed by atoms with Crippen molar-refractivity contribution in [3.05, 3.63) is 24.3 Å². The maximum absolute atomic E-state index is 12.8. The molecule has 0 unspecified atom stereocenters. The number of rotatable bonds is 10. The highest BCUT2D eigenvalue weighted by Crippen LogP contribution is 2.21. The van der Waals surface area contributed by atoms with Crippen LogP contribution in [0.4, 0.5) is 5.69 Å². The van der Waals surface area contributed by atoms with Gasteiger partial charge in [0.1, 0.15) is 5.84 Å². The molecule has 0 aliphatic carbocycles. The first kappa shape index (κ1) is 19.9. The third kappa shape index (κ3) is 6.12. The fraction of sp³-hybridized carbons (Fsp3) is 0.562. The minimum absolute atomic E-state index is 0.141. The molecule has 0 bridgehead atoms. The maximum atomic E-state index is 12.8. The summed E-state index contributed by atoms with van der Waals surface area (Å²) in [6, 6.07) is 6.43. The standard InChI is InChI=1S/C16H26ClN3O2S/c1-3-5-11-20(12-6-4-2)23(21,22)15-9-7-14(8-10-15)19-16(18)13-17/h7-10H,3-6,11-13H2,1-2H3,(H2,18,19). The number of aliphatic imine (C=N–C) groups is 1. The molecule has 0 saturated carbocycles. The number of benzene rings is 1. The van der Waals surface area contributed by atoms with E-state index in [0.717, 1.165) is 25.7 Å². The predicted molar refractivity (Wildman–Crippen MR) is 97.0 cm³/mol. The lowest BCUT2D eigenvalue weighted by molar-refractivity contribution is 0.395. The monoisotopic (exact) mass is 359 g/mol.